The Kier molecular flexibility index (Phi) is 5.56. The van der Waals surface area contributed by atoms with E-state index in [4.69, 9.17) is 9.84 Å². The molecule has 2 atom stereocenters. The molecule has 23 heavy (non-hydrogen) atoms. The van der Waals surface area contributed by atoms with E-state index in [1.807, 2.05) is 18.2 Å². The summed E-state index contributed by atoms with van der Waals surface area (Å²) in [4.78, 5) is 35.5. The minimum Gasteiger partial charge on any atom is -0.481 e. The maximum absolute atomic E-state index is 12.1. The molecule has 7 heteroatoms. The van der Waals surface area contributed by atoms with Gasteiger partial charge in [0, 0.05) is 13.0 Å². The highest BCUT2D eigenvalue weighted by Gasteiger charge is 2.37. The molecule has 1 aliphatic rings. The smallest absolute Gasteiger partial charge is 0.410 e. The van der Waals surface area contributed by atoms with Crippen molar-refractivity contribution >= 4 is 18.0 Å². The molecule has 124 valence electrons. The van der Waals surface area contributed by atoms with Gasteiger partial charge in [-0.1, -0.05) is 30.3 Å². The van der Waals surface area contributed by atoms with Gasteiger partial charge in [0.1, 0.15) is 12.6 Å². The maximum atomic E-state index is 12.1. The molecule has 2 N–H and O–H groups in total. The van der Waals surface area contributed by atoms with E-state index in [9.17, 15) is 19.5 Å². The number of likely N-dealkylation sites (tertiary alicyclic amines) is 1. The SMILES string of the molecule is O=C(O)C[C@H]1CCN(C(=O)OCc2ccccc2)[C@@H](C(=O)O)C1. The van der Waals surface area contributed by atoms with Crippen LogP contribution in [0.15, 0.2) is 30.3 Å². The third kappa shape index (κ3) is 4.70. The van der Waals surface area contributed by atoms with Crippen molar-refractivity contribution in [3.8, 4) is 0 Å². The fraction of sp³-hybridized carbons (Fsp3) is 0.438. The predicted octanol–water partition coefficient (Wildman–Crippen LogP) is 1.96. The Morgan fingerprint density at radius 1 is 1.17 bits per heavy atom. The second-order valence-corrected chi connectivity index (χ2v) is 5.58. The van der Waals surface area contributed by atoms with E-state index in [2.05, 4.69) is 0 Å². The number of carboxylic acids is 2. The average molecular weight is 321 g/mol. The Bertz CT molecular complexity index is 573. The molecular formula is C16H19NO6. The lowest BCUT2D eigenvalue weighted by molar-refractivity contribution is -0.146. The van der Waals surface area contributed by atoms with Crippen molar-refractivity contribution in [1.29, 1.82) is 0 Å². The number of carbonyl (C=O) groups is 3. The lowest BCUT2D eigenvalue weighted by atomic mass is 9.88. The van der Waals surface area contributed by atoms with Gasteiger partial charge in [0.25, 0.3) is 0 Å². The summed E-state index contributed by atoms with van der Waals surface area (Å²) < 4.78 is 5.17. The molecule has 1 amide bonds. The monoisotopic (exact) mass is 321 g/mol. The topological polar surface area (TPSA) is 104 Å². The van der Waals surface area contributed by atoms with Gasteiger partial charge in [-0.3, -0.25) is 9.69 Å². The van der Waals surface area contributed by atoms with Gasteiger partial charge in [0.15, 0.2) is 0 Å². The van der Waals surface area contributed by atoms with Crippen molar-refractivity contribution < 1.29 is 29.3 Å². The number of carbonyl (C=O) groups excluding carboxylic acids is 1. The summed E-state index contributed by atoms with van der Waals surface area (Å²) in [5.74, 6) is -2.34. The molecule has 7 nitrogen and oxygen atoms in total. The molecule has 0 radical (unpaired) electrons. The number of hydrogen-bond donors (Lipinski definition) is 2. The van der Waals surface area contributed by atoms with Gasteiger partial charge >= 0.3 is 18.0 Å². The molecule has 1 saturated heterocycles. The fourth-order valence-corrected chi connectivity index (χ4v) is 2.73. The van der Waals surface area contributed by atoms with Gasteiger partial charge in [0.2, 0.25) is 0 Å². The predicted molar refractivity (Wildman–Crippen MR) is 79.7 cm³/mol. The van der Waals surface area contributed by atoms with Crippen molar-refractivity contribution in [2.24, 2.45) is 5.92 Å². The van der Waals surface area contributed by atoms with Crippen LogP contribution in [-0.4, -0.2) is 45.7 Å². The number of piperidine rings is 1. The van der Waals surface area contributed by atoms with Crippen LogP contribution >= 0.6 is 0 Å². The number of benzene rings is 1. The van der Waals surface area contributed by atoms with Crippen LogP contribution in [0.3, 0.4) is 0 Å². The van der Waals surface area contributed by atoms with Gasteiger partial charge in [-0.25, -0.2) is 9.59 Å². The molecule has 0 aromatic heterocycles. The average Bonchev–Trinajstić information content (AvgIpc) is 2.53. The molecule has 1 heterocycles. The number of carboxylic acid groups (broad SMARTS) is 2. The van der Waals surface area contributed by atoms with Crippen LogP contribution in [0, 0.1) is 5.92 Å². The first-order chi connectivity index (χ1) is 11.0. The zero-order valence-electron chi connectivity index (χ0n) is 12.6. The molecule has 1 aromatic rings. The molecule has 1 aromatic carbocycles. The van der Waals surface area contributed by atoms with E-state index in [1.54, 1.807) is 12.1 Å². The zero-order valence-corrected chi connectivity index (χ0v) is 12.6. The standard InChI is InChI=1S/C16H19NO6/c18-14(19)9-12-6-7-17(13(8-12)15(20)21)16(22)23-10-11-4-2-1-3-5-11/h1-5,12-13H,6-10H2,(H,18,19)(H,20,21)/t12-,13+/m0/s1. The van der Waals surface area contributed by atoms with Gasteiger partial charge in [-0.05, 0) is 24.3 Å². The van der Waals surface area contributed by atoms with Gasteiger partial charge in [0.05, 0.1) is 0 Å². The zero-order chi connectivity index (χ0) is 16.8. The molecule has 1 aliphatic heterocycles. The second kappa shape index (κ2) is 7.62. The Hall–Kier alpha value is -2.57. The minimum absolute atomic E-state index is 0.0705. The minimum atomic E-state index is -1.14. The summed E-state index contributed by atoms with van der Waals surface area (Å²) in [6.07, 6.45) is -0.190. The molecule has 2 rings (SSSR count). The molecule has 0 aliphatic carbocycles. The van der Waals surface area contributed by atoms with Crippen LogP contribution in [0.1, 0.15) is 24.8 Å². The lowest BCUT2D eigenvalue weighted by Crippen LogP contribution is -2.50. The first kappa shape index (κ1) is 16.8. The van der Waals surface area contributed by atoms with Gasteiger partial charge in [-0.15, -0.1) is 0 Å². The van der Waals surface area contributed by atoms with Crippen LogP contribution in [0.5, 0.6) is 0 Å². The highest BCUT2D eigenvalue weighted by molar-refractivity contribution is 5.80. The van der Waals surface area contributed by atoms with Crippen molar-refractivity contribution in [2.75, 3.05) is 6.54 Å². The quantitative estimate of drug-likeness (QED) is 0.859. The fourth-order valence-electron chi connectivity index (χ4n) is 2.73. The number of rotatable bonds is 5. The van der Waals surface area contributed by atoms with Crippen molar-refractivity contribution in [3.05, 3.63) is 35.9 Å². The molecule has 0 spiro atoms. The van der Waals surface area contributed by atoms with Crippen LogP contribution in [0.2, 0.25) is 0 Å². The summed E-state index contributed by atoms with van der Waals surface area (Å²) in [7, 11) is 0. The number of amides is 1. The third-order valence-electron chi connectivity index (χ3n) is 3.90. The number of nitrogens with zero attached hydrogens (tertiary/aromatic N) is 1. The number of aliphatic carboxylic acids is 2. The van der Waals surface area contributed by atoms with Crippen LogP contribution in [-0.2, 0) is 20.9 Å². The van der Waals surface area contributed by atoms with Gasteiger partial charge < -0.3 is 14.9 Å². The van der Waals surface area contributed by atoms with E-state index in [1.165, 1.54) is 4.90 Å². The number of hydrogen-bond acceptors (Lipinski definition) is 4. The second-order valence-electron chi connectivity index (χ2n) is 5.58. The Labute approximate surface area is 133 Å². The number of ether oxygens (including phenoxy) is 1. The van der Waals surface area contributed by atoms with E-state index < -0.39 is 24.1 Å². The van der Waals surface area contributed by atoms with E-state index >= 15 is 0 Å². The van der Waals surface area contributed by atoms with Crippen molar-refractivity contribution in [1.82, 2.24) is 4.90 Å². The van der Waals surface area contributed by atoms with E-state index in [0.29, 0.717) is 6.42 Å². The van der Waals surface area contributed by atoms with Crippen LogP contribution < -0.4 is 0 Å². The van der Waals surface area contributed by atoms with Crippen LogP contribution in [0.4, 0.5) is 4.79 Å². The normalized spacial score (nSPS) is 20.8. The molecule has 1 fully saturated rings. The molecular weight excluding hydrogens is 302 g/mol. The largest absolute Gasteiger partial charge is 0.481 e. The summed E-state index contributed by atoms with van der Waals surface area (Å²) in [5, 5.41) is 18.1. The summed E-state index contributed by atoms with van der Waals surface area (Å²) in [6.45, 7) is 0.254. The highest BCUT2D eigenvalue weighted by atomic mass is 16.6. The first-order valence-electron chi connectivity index (χ1n) is 7.39. The Morgan fingerprint density at radius 3 is 2.48 bits per heavy atom. The van der Waals surface area contributed by atoms with Crippen LogP contribution in [0.25, 0.3) is 0 Å². The summed E-state index contributed by atoms with van der Waals surface area (Å²) in [6, 6.07) is 8.05. The Balaban J connectivity index is 1.95. The summed E-state index contributed by atoms with van der Waals surface area (Å²) in [5.41, 5.74) is 0.813. The highest BCUT2D eigenvalue weighted by Crippen LogP contribution is 2.26. The van der Waals surface area contributed by atoms with E-state index in [0.717, 1.165) is 5.56 Å². The molecule has 0 saturated carbocycles. The van der Waals surface area contributed by atoms with Gasteiger partial charge in [-0.2, -0.15) is 0 Å². The van der Waals surface area contributed by atoms with Crippen molar-refractivity contribution in [2.45, 2.75) is 31.9 Å². The molecule has 0 unspecified atom stereocenters. The Morgan fingerprint density at radius 2 is 1.87 bits per heavy atom. The molecule has 0 bridgehead atoms. The summed E-state index contributed by atoms with van der Waals surface area (Å²) >= 11 is 0. The first-order valence-corrected chi connectivity index (χ1v) is 7.39. The third-order valence-corrected chi connectivity index (χ3v) is 3.90. The lowest BCUT2D eigenvalue weighted by Gasteiger charge is -2.35. The van der Waals surface area contributed by atoms with Crippen molar-refractivity contribution in [3.63, 3.8) is 0 Å². The van der Waals surface area contributed by atoms with E-state index in [-0.39, 0.29) is 31.9 Å². The maximum Gasteiger partial charge on any atom is 0.410 e.